The van der Waals surface area contributed by atoms with Crippen LogP contribution in [0, 0.1) is 23.7 Å². The van der Waals surface area contributed by atoms with Crippen molar-refractivity contribution in [2.24, 2.45) is 23.7 Å². The summed E-state index contributed by atoms with van der Waals surface area (Å²) in [5, 5.41) is 0. The van der Waals surface area contributed by atoms with Gasteiger partial charge in [-0.1, -0.05) is 47.0 Å². The van der Waals surface area contributed by atoms with Crippen LogP contribution >= 0.6 is 0 Å². The van der Waals surface area contributed by atoms with E-state index in [1.807, 2.05) is 0 Å². The molecule has 1 saturated carbocycles. The van der Waals surface area contributed by atoms with E-state index in [4.69, 9.17) is 0 Å². The molecule has 1 rings (SSSR count). The van der Waals surface area contributed by atoms with Gasteiger partial charge in [-0.3, -0.25) is 0 Å². The van der Waals surface area contributed by atoms with Gasteiger partial charge in [-0.15, -0.1) is 0 Å². The molecule has 1 aliphatic rings. The third-order valence-corrected chi connectivity index (χ3v) is 3.94. The van der Waals surface area contributed by atoms with E-state index in [1.165, 1.54) is 19.3 Å². The van der Waals surface area contributed by atoms with E-state index in [1.54, 1.807) is 0 Å². The van der Waals surface area contributed by atoms with Crippen LogP contribution < -0.4 is 0 Å². The molecular weight excluding hydrogens is 132 g/mol. The van der Waals surface area contributed by atoms with E-state index >= 15 is 0 Å². The van der Waals surface area contributed by atoms with Gasteiger partial charge in [0.15, 0.2) is 0 Å². The highest BCUT2D eigenvalue weighted by Crippen LogP contribution is 2.35. The summed E-state index contributed by atoms with van der Waals surface area (Å²) < 4.78 is 0. The van der Waals surface area contributed by atoms with Crippen molar-refractivity contribution >= 4 is 0 Å². The molecular formula is C11H22. The fourth-order valence-electron chi connectivity index (χ4n) is 2.32. The van der Waals surface area contributed by atoms with Gasteiger partial charge in [-0.2, -0.15) is 0 Å². The highest BCUT2D eigenvalue weighted by atomic mass is 14.3. The van der Waals surface area contributed by atoms with Gasteiger partial charge in [0.1, 0.15) is 0 Å². The smallest absolute Gasteiger partial charge is 0.0389 e. The molecule has 0 bridgehead atoms. The Morgan fingerprint density at radius 1 is 0.727 bits per heavy atom. The first-order chi connectivity index (χ1) is 5.13. The molecule has 0 aliphatic heterocycles. The minimum absolute atomic E-state index is 0.937. The molecule has 4 unspecified atom stereocenters. The highest BCUT2D eigenvalue weighted by molar-refractivity contribution is 4.76. The first-order valence-electron chi connectivity index (χ1n) is 5.13. The molecule has 0 saturated heterocycles. The van der Waals surface area contributed by atoms with E-state index < -0.39 is 0 Å². The summed E-state index contributed by atoms with van der Waals surface area (Å²) >= 11 is 0. The lowest BCUT2D eigenvalue weighted by Crippen LogP contribution is -2.18. The van der Waals surface area contributed by atoms with Gasteiger partial charge in [0.2, 0.25) is 0 Å². The van der Waals surface area contributed by atoms with Crippen LogP contribution in [0.3, 0.4) is 0 Å². The Morgan fingerprint density at radius 2 is 1.09 bits per heavy atom. The van der Waals surface area contributed by atoms with E-state index in [-0.39, 0.29) is 0 Å². The minimum atomic E-state index is 0.937. The third kappa shape index (κ3) is 1.98. The molecule has 0 aromatic heterocycles. The summed E-state index contributed by atoms with van der Waals surface area (Å²) in [6.45, 7) is 9.69. The standard InChI is InChI=1S/C11H22/c1-8-6-5-7-9(2)11(4)10(8)3/h8-11H,5-7H2,1-4H3. The molecule has 0 heteroatoms. The van der Waals surface area contributed by atoms with Crippen LogP contribution in [-0.4, -0.2) is 0 Å². The van der Waals surface area contributed by atoms with Gasteiger partial charge in [0.05, 0.1) is 0 Å². The van der Waals surface area contributed by atoms with Crippen LogP contribution in [-0.2, 0) is 0 Å². The minimum Gasteiger partial charge on any atom is -0.0622 e. The molecule has 0 aromatic rings. The van der Waals surface area contributed by atoms with Crippen molar-refractivity contribution < 1.29 is 0 Å². The normalized spacial score (nSPS) is 46.9. The molecule has 66 valence electrons. The fourth-order valence-corrected chi connectivity index (χ4v) is 2.32. The summed E-state index contributed by atoms with van der Waals surface area (Å²) in [5.74, 6) is 3.78. The first-order valence-corrected chi connectivity index (χ1v) is 5.13. The van der Waals surface area contributed by atoms with Crippen molar-refractivity contribution in [3.63, 3.8) is 0 Å². The van der Waals surface area contributed by atoms with Gasteiger partial charge in [-0.05, 0) is 23.7 Å². The van der Waals surface area contributed by atoms with Gasteiger partial charge in [-0.25, -0.2) is 0 Å². The van der Waals surface area contributed by atoms with E-state index in [0.717, 1.165) is 23.7 Å². The van der Waals surface area contributed by atoms with Gasteiger partial charge in [0, 0.05) is 0 Å². The lowest BCUT2D eigenvalue weighted by molar-refractivity contribution is 0.235. The maximum atomic E-state index is 2.43. The SMILES string of the molecule is CC1CCCC(C)C(C)C1C. The lowest BCUT2D eigenvalue weighted by Gasteiger charge is -2.26. The van der Waals surface area contributed by atoms with Crippen LogP contribution in [0.5, 0.6) is 0 Å². The Hall–Kier alpha value is 0. The first kappa shape index (κ1) is 9.09. The average Bonchev–Trinajstić information content (AvgIpc) is 2.07. The van der Waals surface area contributed by atoms with Crippen molar-refractivity contribution in [1.82, 2.24) is 0 Å². The summed E-state index contributed by atoms with van der Waals surface area (Å²) in [6, 6.07) is 0. The molecule has 0 aromatic carbocycles. The molecule has 1 aliphatic carbocycles. The summed E-state index contributed by atoms with van der Waals surface area (Å²) in [7, 11) is 0. The van der Waals surface area contributed by atoms with Crippen molar-refractivity contribution in [2.75, 3.05) is 0 Å². The molecule has 0 nitrogen and oxygen atoms in total. The van der Waals surface area contributed by atoms with Crippen LogP contribution in [0.2, 0.25) is 0 Å². The molecule has 0 spiro atoms. The third-order valence-electron chi connectivity index (χ3n) is 3.94. The van der Waals surface area contributed by atoms with Crippen LogP contribution in [0.4, 0.5) is 0 Å². The van der Waals surface area contributed by atoms with Gasteiger partial charge in [0.25, 0.3) is 0 Å². The molecule has 0 amide bonds. The maximum absolute atomic E-state index is 2.43. The summed E-state index contributed by atoms with van der Waals surface area (Å²) in [4.78, 5) is 0. The average molecular weight is 154 g/mol. The zero-order valence-corrected chi connectivity index (χ0v) is 8.43. The quantitative estimate of drug-likeness (QED) is 0.466. The van der Waals surface area contributed by atoms with E-state index in [0.29, 0.717) is 0 Å². The Labute approximate surface area is 71.4 Å². The Kier molecular flexibility index (Phi) is 2.98. The lowest BCUT2D eigenvalue weighted by atomic mass is 9.80. The Bertz CT molecular complexity index is 103. The van der Waals surface area contributed by atoms with E-state index in [9.17, 15) is 0 Å². The molecule has 11 heavy (non-hydrogen) atoms. The largest absolute Gasteiger partial charge is 0.0622 e. The zero-order chi connectivity index (χ0) is 8.43. The molecule has 1 fully saturated rings. The van der Waals surface area contributed by atoms with Crippen molar-refractivity contribution in [1.29, 1.82) is 0 Å². The highest BCUT2D eigenvalue weighted by Gasteiger charge is 2.26. The monoisotopic (exact) mass is 154 g/mol. The van der Waals surface area contributed by atoms with Gasteiger partial charge < -0.3 is 0 Å². The Morgan fingerprint density at radius 3 is 1.45 bits per heavy atom. The molecule has 0 N–H and O–H groups in total. The predicted octanol–water partition coefficient (Wildman–Crippen LogP) is 3.71. The maximum Gasteiger partial charge on any atom is -0.0389 e. The fraction of sp³-hybridized carbons (Fsp3) is 1.00. The van der Waals surface area contributed by atoms with Crippen molar-refractivity contribution in [2.45, 2.75) is 47.0 Å². The number of hydrogen-bond donors (Lipinski definition) is 0. The molecule has 0 radical (unpaired) electrons. The van der Waals surface area contributed by atoms with Crippen LogP contribution in [0.15, 0.2) is 0 Å². The van der Waals surface area contributed by atoms with Crippen molar-refractivity contribution in [3.8, 4) is 0 Å². The number of rotatable bonds is 0. The Balaban J connectivity index is 2.58. The summed E-state index contributed by atoms with van der Waals surface area (Å²) in [5.41, 5.74) is 0. The second-order valence-electron chi connectivity index (χ2n) is 4.60. The molecule has 0 heterocycles. The second-order valence-corrected chi connectivity index (χ2v) is 4.60. The summed E-state index contributed by atoms with van der Waals surface area (Å²) in [6.07, 6.45) is 4.36. The number of hydrogen-bond acceptors (Lipinski definition) is 0. The molecule has 4 atom stereocenters. The van der Waals surface area contributed by atoms with Gasteiger partial charge >= 0.3 is 0 Å². The van der Waals surface area contributed by atoms with Crippen LogP contribution in [0.25, 0.3) is 0 Å². The topological polar surface area (TPSA) is 0 Å². The van der Waals surface area contributed by atoms with Crippen LogP contribution in [0.1, 0.15) is 47.0 Å². The predicted molar refractivity (Wildman–Crippen MR) is 50.5 cm³/mol. The second kappa shape index (κ2) is 3.60. The van der Waals surface area contributed by atoms with E-state index in [2.05, 4.69) is 27.7 Å². The zero-order valence-electron chi connectivity index (χ0n) is 8.43. The van der Waals surface area contributed by atoms with Crippen molar-refractivity contribution in [3.05, 3.63) is 0 Å².